The Balaban J connectivity index is 1.21. The molecule has 0 aliphatic carbocycles. The number of amidine groups is 2. The Morgan fingerprint density at radius 1 is 0.467 bits per heavy atom. The van der Waals surface area contributed by atoms with Crippen molar-refractivity contribution in [3.8, 4) is 11.1 Å². The van der Waals surface area contributed by atoms with Crippen molar-refractivity contribution >= 4 is 55.2 Å². The summed E-state index contributed by atoms with van der Waals surface area (Å²) in [5, 5.41) is 10.5. The van der Waals surface area contributed by atoms with Crippen molar-refractivity contribution in [3.05, 3.63) is 168 Å². The number of nitrogens with zero attached hydrogens (tertiary/aromatic N) is 2. The summed E-state index contributed by atoms with van der Waals surface area (Å²) < 4.78 is 6.40. The molecule has 1 aliphatic rings. The van der Waals surface area contributed by atoms with Crippen LogP contribution >= 0.6 is 0 Å². The average Bonchev–Trinajstić information content (AvgIpc) is 3.49. The fourth-order valence-corrected chi connectivity index (χ4v) is 6.42. The van der Waals surface area contributed by atoms with Gasteiger partial charge in [0.15, 0.2) is 6.17 Å². The lowest BCUT2D eigenvalue weighted by molar-refractivity contribution is 0.669. The zero-order chi connectivity index (χ0) is 29.7. The summed E-state index contributed by atoms with van der Waals surface area (Å²) in [6.07, 6.45) is -0.400. The molecule has 0 fully saturated rings. The lowest BCUT2D eigenvalue weighted by Gasteiger charge is -2.23. The van der Waals surface area contributed by atoms with Crippen LogP contribution in [0.15, 0.2) is 166 Å². The Kier molecular flexibility index (Phi) is 5.85. The SMILES string of the molecule is c1ccc(C2=NC(c3ccc4ccccc4c3)N=C(c3cccc4oc5ccc(-c6ccc7ccccc7c6)cc5c34)N2)cc1. The Labute approximate surface area is 260 Å². The average molecular weight is 578 g/mol. The normalized spacial score (nSPS) is 14.9. The molecule has 212 valence electrons. The van der Waals surface area contributed by atoms with Gasteiger partial charge in [-0.1, -0.05) is 121 Å². The lowest BCUT2D eigenvalue weighted by Crippen LogP contribution is -2.36. The minimum absolute atomic E-state index is 0.400. The third kappa shape index (κ3) is 4.47. The molecule has 1 unspecified atom stereocenters. The van der Waals surface area contributed by atoms with Gasteiger partial charge in [-0.15, -0.1) is 0 Å². The van der Waals surface area contributed by atoms with Gasteiger partial charge in [0.25, 0.3) is 0 Å². The Morgan fingerprint density at radius 3 is 1.96 bits per heavy atom. The first kappa shape index (κ1) is 25.5. The summed E-state index contributed by atoms with van der Waals surface area (Å²) >= 11 is 0. The van der Waals surface area contributed by atoms with Crippen LogP contribution in [-0.4, -0.2) is 11.7 Å². The number of benzene rings is 7. The second-order valence-corrected chi connectivity index (χ2v) is 11.5. The van der Waals surface area contributed by atoms with E-state index in [0.29, 0.717) is 0 Å². The van der Waals surface area contributed by atoms with Gasteiger partial charge in [-0.25, -0.2) is 9.98 Å². The van der Waals surface area contributed by atoms with Crippen LogP contribution in [0.2, 0.25) is 0 Å². The number of nitrogens with one attached hydrogen (secondary N) is 1. The van der Waals surface area contributed by atoms with Crippen LogP contribution in [0.1, 0.15) is 22.9 Å². The van der Waals surface area contributed by atoms with E-state index in [4.69, 9.17) is 14.4 Å². The molecule has 4 heteroatoms. The van der Waals surface area contributed by atoms with Gasteiger partial charge in [-0.05, 0) is 68.6 Å². The van der Waals surface area contributed by atoms with Gasteiger partial charge >= 0.3 is 0 Å². The maximum Gasteiger partial charge on any atom is 0.169 e. The highest BCUT2D eigenvalue weighted by Crippen LogP contribution is 2.36. The smallest absolute Gasteiger partial charge is 0.169 e. The first-order valence-corrected chi connectivity index (χ1v) is 15.2. The van der Waals surface area contributed by atoms with Crippen LogP contribution < -0.4 is 5.32 Å². The zero-order valence-electron chi connectivity index (χ0n) is 24.3. The van der Waals surface area contributed by atoms with Crippen LogP contribution in [0.5, 0.6) is 0 Å². The molecule has 1 atom stereocenters. The van der Waals surface area contributed by atoms with E-state index < -0.39 is 6.17 Å². The van der Waals surface area contributed by atoms with Gasteiger partial charge in [0.1, 0.15) is 22.8 Å². The van der Waals surface area contributed by atoms with Crippen molar-refractivity contribution in [1.82, 2.24) is 5.32 Å². The maximum atomic E-state index is 6.40. The lowest BCUT2D eigenvalue weighted by atomic mass is 9.98. The van der Waals surface area contributed by atoms with Crippen LogP contribution in [0.4, 0.5) is 0 Å². The van der Waals surface area contributed by atoms with E-state index in [2.05, 4.69) is 127 Å². The minimum atomic E-state index is -0.400. The van der Waals surface area contributed by atoms with Crippen molar-refractivity contribution in [2.24, 2.45) is 9.98 Å². The molecule has 8 aromatic rings. The van der Waals surface area contributed by atoms with Crippen molar-refractivity contribution in [2.75, 3.05) is 0 Å². The molecule has 0 radical (unpaired) electrons. The van der Waals surface area contributed by atoms with Crippen molar-refractivity contribution in [1.29, 1.82) is 0 Å². The van der Waals surface area contributed by atoms with E-state index in [1.54, 1.807) is 0 Å². The molecule has 2 heterocycles. The van der Waals surface area contributed by atoms with Gasteiger partial charge < -0.3 is 9.73 Å². The summed E-state index contributed by atoms with van der Waals surface area (Å²) in [6, 6.07) is 52.9. The van der Waals surface area contributed by atoms with Crippen LogP contribution in [0.3, 0.4) is 0 Å². The summed E-state index contributed by atoms with van der Waals surface area (Å²) in [4.78, 5) is 10.3. The number of hydrogen-bond donors (Lipinski definition) is 1. The standard InChI is InChI=1S/C41H27N3O/c1-2-11-28(12-3-1)39-42-40(33-20-18-27-10-5-7-14-30(27)24-33)44-41(43-39)34-15-8-16-37-38(34)35-25-32(21-22-36(35)45-37)31-19-17-26-9-4-6-13-29(26)23-31/h1-25,40H,(H,42,43,44). The topological polar surface area (TPSA) is 49.9 Å². The third-order valence-electron chi connectivity index (χ3n) is 8.69. The molecule has 7 aromatic carbocycles. The minimum Gasteiger partial charge on any atom is -0.456 e. The molecular formula is C41H27N3O. The van der Waals surface area contributed by atoms with E-state index in [0.717, 1.165) is 55.9 Å². The van der Waals surface area contributed by atoms with Gasteiger partial charge in [-0.2, -0.15) is 0 Å². The number of hydrogen-bond acceptors (Lipinski definition) is 4. The molecule has 0 saturated carbocycles. The van der Waals surface area contributed by atoms with Crippen LogP contribution in [-0.2, 0) is 0 Å². The highest BCUT2D eigenvalue weighted by atomic mass is 16.3. The van der Waals surface area contributed by atoms with E-state index in [-0.39, 0.29) is 0 Å². The summed E-state index contributed by atoms with van der Waals surface area (Å²) in [7, 11) is 0. The quantitative estimate of drug-likeness (QED) is 0.226. The largest absolute Gasteiger partial charge is 0.456 e. The summed E-state index contributed by atoms with van der Waals surface area (Å²) in [6.45, 7) is 0. The Bertz CT molecular complexity index is 2470. The number of fused-ring (bicyclic) bond motifs is 5. The molecule has 9 rings (SSSR count). The van der Waals surface area contributed by atoms with Gasteiger partial charge in [0.2, 0.25) is 0 Å². The molecule has 4 nitrogen and oxygen atoms in total. The van der Waals surface area contributed by atoms with Crippen LogP contribution in [0, 0.1) is 0 Å². The molecule has 0 saturated heterocycles. The summed E-state index contributed by atoms with van der Waals surface area (Å²) in [5.41, 5.74) is 7.03. The zero-order valence-corrected chi connectivity index (χ0v) is 24.3. The second kappa shape index (κ2) is 10.3. The molecule has 45 heavy (non-hydrogen) atoms. The molecule has 1 aliphatic heterocycles. The van der Waals surface area contributed by atoms with E-state index in [1.807, 2.05) is 30.3 Å². The highest BCUT2D eigenvalue weighted by molar-refractivity contribution is 6.23. The Morgan fingerprint density at radius 2 is 1.13 bits per heavy atom. The maximum absolute atomic E-state index is 6.40. The molecule has 0 bridgehead atoms. The fraction of sp³-hybridized carbons (Fsp3) is 0.0244. The first-order chi connectivity index (χ1) is 22.3. The second-order valence-electron chi connectivity index (χ2n) is 11.5. The fourth-order valence-electron chi connectivity index (χ4n) is 6.42. The van der Waals surface area contributed by atoms with E-state index in [1.165, 1.54) is 27.1 Å². The molecule has 0 amide bonds. The number of rotatable bonds is 4. The van der Waals surface area contributed by atoms with Crippen molar-refractivity contribution in [2.45, 2.75) is 6.17 Å². The van der Waals surface area contributed by atoms with E-state index in [9.17, 15) is 0 Å². The molecular weight excluding hydrogens is 550 g/mol. The van der Waals surface area contributed by atoms with Gasteiger partial charge in [-0.3, -0.25) is 0 Å². The van der Waals surface area contributed by atoms with Crippen molar-refractivity contribution < 1.29 is 4.42 Å². The van der Waals surface area contributed by atoms with Crippen molar-refractivity contribution in [3.63, 3.8) is 0 Å². The first-order valence-electron chi connectivity index (χ1n) is 15.2. The summed E-state index contributed by atoms with van der Waals surface area (Å²) in [5.74, 6) is 1.56. The monoisotopic (exact) mass is 577 g/mol. The van der Waals surface area contributed by atoms with Gasteiger partial charge in [0.05, 0.1) is 0 Å². The van der Waals surface area contributed by atoms with Crippen LogP contribution in [0.25, 0.3) is 54.6 Å². The molecule has 1 aromatic heterocycles. The highest BCUT2D eigenvalue weighted by Gasteiger charge is 2.23. The number of furan rings is 1. The van der Waals surface area contributed by atoms with E-state index >= 15 is 0 Å². The predicted molar refractivity (Wildman–Crippen MR) is 186 cm³/mol. The molecule has 1 N–H and O–H groups in total. The third-order valence-corrected chi connectivity index (χ3v) is 8.69. The number of aliphatic imine (C=N–C) groups is 2. The molecule has 0 spiro atoms. The Hall–Kier alpha value is -6.00. The van der Waals surface area contributed by atoms with Gasteiger partial charge in [0, 0.05) is 21.9 Å². The predicted octanol–water partition coefficient (Wildman–Crippen LogP) is 10.1.